The number of amides is 1. The third kappa shape index (κ3) is 4.46. The molecule has 4 atom stereocenters. The van der Waals surface area contributed by atoms with Crippen molar-refractivity contribution in [3.63, 3.8) is 0 Å². The normalized spacial score (nSPS) is 31.8. The summed E-state index contributed by atoms with van der Waals surface area (Å²) < 4.78 is 20.9. The minimum atomic E-state index is -2.18. The van der Waals surface area contributed by atoms with E-state index >= 15 is 0 Å². The van der Waals surface area contributed by atoms with Crippen molar-refractivity contribution in [3.05, 3.63) is 30.3 Å². The summed E-state index contributed by atoms with van der Waals surface area (Å²) in [5, 5.41) is 0. The van der Waals surface area contributed by atoms with Gasteiger partial charge in [-0.2, -0.15) is 0 Å². The van der Waals surface area contributed by atoms with Crippen molar-refractivity contribution in [2.24, 2.45) is 11.8 Å². The number of carbonyl (C=O) groups is 1. The number of hydrogen-bond donors (Lipinski definition) is 0. The SMILES string of the molecule is CC(C)[Si](O[C@@]12C[C@@H](C)[C@@]([Se]c3ccccc3)(O1)[C@@H](C(=O)N1CCOCC1)C2)(C(C)C)C(C)C. The van der Waals surface area contributed by atoms with Gasteiger partial charge >= 0.3 is 214 Å². The van der Waals surface area contributed by atoms with Crippen LogP contribution in [-0.4, -0.2) is 70.7 Å². The van der Waals surface area contributed by atoms with Crippen LogP contribution in [0.4, 0.5) is 0 Å². The molecule has 190 valence electrons. The van der Waals surface area contributed by atoms with Crippen LogP contribution in [0.25, 0.3) is 0 Å². The van der Waals surface area contributed by atoms with Gasteiger partial charge < -0.3 is 0 Å². The maximum atomic E-state index is 14.0. The molecule has 1 amide bonds. The van der Waals surface area contributed by atoms with E-state index in [1.165, 1.54) is 4.46 Å². The number of fused-ring (bicyclic) bond motifs is 2. The first kappa shape index (κ1) is 26.4. The van der Waals surface area contributed by atoms with E-state index in [0.717, 1.165) is 6.42 Å². The Hall–Kier alpha value is -0.694. The van der Waals surface area contributed by atoms with E-state index in [2.05, 4.69) is 78.8 Å². The van der Waals surface area contributed by atoms with E-state index in [1.807, 2.05) is 4.90 Å². The molecule has 0 spiro atoms. The Morgan fingerprint density at radius 2 is 1.62 bits per heavy atom. The van der Waals surface area contributed by atoms with Gasteiger partial charge in [0.15, 0.2) is 0 Å². The molecule has 0 aliphatic carbocycles. The summed E-state index contributed by atoms with van der Waals surface area (Å²) in [6, 6.07) is 10.6. The molecule has 34 heavy (non-hydrogen) atoms. The van der Waals surface area contributed by atoms with Crippen LogP contribution in [0.15, 0.2) is 30.3 Å². The summed E-state index contributed by atoms with van der Waals surface area (Å²) in [6.07, 6.45) is 1.57. The summed E-state index contributed by atoms with van der Waals surface area (Å²) in [5.41, 5.74) is 1.43. The molecule has 7 heteroatoms. The molecule has 4 rings (SSSR count). The molecule has 3 heterocycles. The molecule has 0 radical (unpaired) electrons. The number of nitrogens with zero attached hydrogens (tertiary/aromatic N) is 1. The average Bonchev–Trinajstić information content (AvgIpc) is 3.26. The van der Waals surface area contributed by atoms with Gasteiger partial charge in [-0.15, -0.1) is 0 Å². The van der Waals surface area contributed by atoms with E-state index in [9.17, 15) is 4.79 Å². The van der Waals surface area contributed by atoms with Gasteiger partial charge in [-0.25, -0.2) is 0 Å². The third-order valence-electron chi connectivity index (χ3n) is 8.36. The molecule has 1 aromatic rings. The minimum absolute atomic E-state index is 0.0135. The van der Waals surface area contributed by atoms with Gasteiger partial charge in [0, 0.05) is 0 Å². The van der Waals surface area contributed by atoms with Crippen LogP contribution < -0.4 is 4.46 Å². The average molecular weight is 553 g/mol. The Bertz CT molecular complexity index is 838. The van der Waals surface area contributed by atoms with Crippen molar-refractivity contribution in [2.75, 3.05) is 26.3 Å². The third-order valence-corrected chi connectivity index (χ3v) is 17.9. The quantitative estimate of drug-likeness (QED) is 0.445. The van der Waals surface area contributed by atoms with Crippen LogP contribution in [0.2, 0.25) is 16.6 Å². The van der Waals surface area contributed by atoms with Crippen LogP contribution in [0.1, 0.15) is 61.3 Å². The van der Waals surface area contributed by atoms with E-state index in [1.54, 1.807) is 0 Å². The summed E-state index contributed by atoms with van der Waals surface area (Å²) in [5.74, 6) is -0.292. The van der Waals surface area contributed by atoms with E-state index in [4.69, 9.17) is 13.9 Å². The van der Waals surface area contributed by atoms with Crippen molar-refractivity contribution in [1.29, 1.82) is 0 Å². The van der Waals surface area contributed by atoms with Gasteiger partial charge in [0.2, 0.25) is 0 Å². The number of morpholine rings is 1. The fourth-order valence-corrected chi connectivity index (χ4v) is 15.6. The fraction of sp³-hybridized carbons (Fsp3) is 0.741. The Labute approximate surface area is 213 Å². The van der Waals surface area contributed by atoms with Crippen molar-refractivity contribution in [1.82, 2.24) is 4.90 Å². The molecular weight excluding hydrogens is 509 g/mol. The van der Waals surface area contributed by atoms with E-state index in [-0.39, 0.29) is 32.7 Å². The number of carbonyl (C=O) groups excluding carboxylic acids is 1. The number of ether oxygens (including phenoxy) is 2. The van der Waals surface area contributed by atoms with Gasteiger partial charge in [0.1, 0.15) is 0 Å². The Morgan fingerprint density at radius 1 is 1.03 bits per heavy atom. The Balaban J connectivity index is 1.72. The van der Waals surface area contributed by atoms with Crippen LogP contribution in [0, 0.1) is 11.8 Å². The molecule has 3 aliphatic heterocycles. The topological polar surface area (TPSA) is 48.0 Å². The second kappa shape index (κ2) is 9.99. The second-order valence-corrected chi connectivity index (χ2v) is 19.5. The molecule has 3 saturated heterocycles. The van der Waals surface area contributed by atoms with Crippen molar-refractivity contribution in [2.45, 2.75) is 88.2 Å². The van der Waals surface area contributed by atoms with Gasteiger partial charge in [-0.1, -0.05) is 0 Å². The molecule has 0 saturated carbocycles. The Kier molecular flexibility index (Phi) is 7.75. The standard InChI is InChI=1S/C27H43NO4SeSi/c1-19(2)34(20(3)4,21(5)6)32-26-17-22(7)27(31-26,33-23-11-9-8-10-12-23)24(18-26)25(29)28-13-15-30-16-14-28/h8-12,19-22,24H,13-18H2,1-7H3/t22-,24-,26-,27+/m1/s1. The second-order valence-electron chi connectivity index (χ2n) is 11.4. The number of hydrogen-bond acceptors (Lipinski definition) is 4. The van der Waals surface area contributed by atoms with Gasteiger partial charge in [0.25, 0.3) is 0 Å². The van der Waals surface area contributed by atoms with Crippen molar-refractivity contribution < 1.29 is 18.7 Å². The first-order valence-electron chi connectivity index (χ1n) is 13.1. The molecule has 0 N–H and O–H groups in total. The molecular formula is C27H43NO4SeSi. The van der Waals surface area contributed by atoms with E-state index in [0.29, 0.717) is 49.3 Å². The zero-order chi connectivity index (χ0) is 24.7. The maximum absolute atomic E-state index is 14.0. The molecule has 2 bridgehead atoms. The first-order chi connectivity index (χ1) is 16.1. The monoisotopic (exact) mass is 553 g/mol. The van der Waals surface area contributed by atoms with E-state index < -0.39 is 18.6 Å². The van der Waals surface area contributed by atoms with Gasteiger partial charge in [-0.3, -0.25) is 0 Å². The van der Waals surface area contributed by atoms with Crippen LogP contribution >= 0.6 is 0 Å². The van der Waals surface area contributed by atoms with Crippen LogP contribution in [-0.2, 0) is 18.7 Å². The zero-order valence-electron chi connectivity index (χ0n) is 22.0. The van der Waals surface area contributed by atoms with Crippen LogP contribution in [0.3, 0.4) is 0 Å². The number of rotatable bonds is 8. The molecule has 1 aromatic carbocycles. The summed E-state index contributed by atoms with van der Waals surface area (Å²) in [7, 11) is -2.18. The number of benzene rings is 1. The predicted octanol–water partition coefficient (Wildman–Crippen LogP) is 4.54. The zero-order valence-corrected chi connectivity index (χ0v) is 24.7. The predicted molar refractivity (Wildman–Crippen MR) is 140 cm³/mol. The van der Waals surface area contributed by atoms with Crippen molar-refractivity contribution in [3.8, 4) is 0 Å². The van der Waals surface area contributed by atoms with Crippen molar-refractivity contribution >= 4 is 33.6 Å². The fourth-order valence-electron chi connectivity index (χ4n) is 6.94. The molecule has 5 nitrogen and oxygen atoms in total. The van der Waals surface area contributed by atoms with Crippen LogP contribution in [0.5, 0.6) is 0 Å². The summed E-state index contributed by atoms with van der Waals surface area (Å²) in [6.45, 7) is 18.8. The first-order valence-corrected chi connectivity index (χ1v) is 16.9. The molecule has 3 fully saturated rings. The summed E-state index contributed by atoms with van der Waals surface area (Å²) in [4.78, 5) is 16.0. The van der Waals surface area contributed by atoms with Gasteiger partial charge in [0.05, 0.1) is 0 Å². The Morgan fingerprint density at radius 3 is 2.18 bits per heavy atom. The molecule has 0 aromatic heterocycles. The summed E-state index contributed by atoms with van der Waals surface area (Å²) >= 11 is 0.0135. The molecule has 3 aliphatic rings. The molecule has 0 unspecified atom stereocenters. The van der Waals surface area contributed by atoms with Gasteiger partial charge in [-0.05, 0) is 0 Å².